The molecule has 0 bridgehead atoms. The first-order valence-corrected chi connectivity index (χ1v) is 7.48. The number of anilines is 2. The second-order valence-corrected chi connectivity index (χ2v) is 5.78. The molecule has 112 valence electrons. The van der Waals surface area contributed by atoms with Gasteiger partial charge in [0.25, 0.3) is 5.91 Å². The first-order valence-electron chi connectivity index (χ1n) is 6.72. The molecule has 1 aliphatic heterocycles. The summed E-state index contributed by atoms with van der Waals surface area (Å²) in [6.45, 7) is 0.997. The minimum absolute atomic E-state index is 0.182. The van der Waals surface area contributed by atoms with Gasteiger partial charge in [0, 0.05) is 29.0 Å². The minimum Gasteiger partial charge on any atom is -0.399 e. The number of nitrogen functional groups attached to an aromatic ring is 1. The topological polar surface area (TPSA) is 58.7 Å². The number of nitrogens with two attached hydrogens (primary N) is 1. The monoisotopic (exact) mass is 333 g/mol. The van der Waals surface area contributed by atoms with Gasteiger partial charge in [0.2, 0.25) is 0 Å². The third kappa shape index (κ3) is 2.80. The maximum absolute atomic E-state index is 12.8. The molecule has 0 fully saturated rings. The van der Waals surface area contributed by atoms with Crippen molar-refractivity contribution in [3.63, 3.8) is 0 Å². The number of nitrogens with zero attached hydrogens (tertiary/aromatic N) is 2. The van der Waals surface area contributed by atoms with E-state index in [1.54, 1.807) is 41.4 Å². The third-order valence-electron chi connectivity index (χ3n) is 3.43. The molecule has 1 amide bonds. The molecule has 0 unspecified atom stereocenters. The lowest BCUT2D eigenvalue weighted by Crippen LogP contribution is -2.33. The van der Waals surface area contributed by atoms with Crippen molar-refractivity contribution in [1.82, 2.24) is 0 Å². The fourth-order valence-corrected chi connectivity index (χ4v) is 2.87. The van der Waals surface area contributed by atoms with Gasteiger partial charge in [-0.25, -0.2) is 0 Å². The third-order valence-corrected chi connectivity index (χ3v) is 3.98. The number of carbonyl (C=O) groups is 1. The standard InChI is InChI=1S/C16H13Cl2N3O/c17-11-1-3-13(14(18)8-11)16(22)21-6-5-20-9-10-7-12(19)2-4-15(10)21/h1-4,7-9H,5-6,19H2. The number of benzene rings is 2. The fraction of sp³-hybridized carbons (Fsp3) is 0.125. The maximum Gasteiger partial charge on any atom is 0.259 e. The summed E-state index contributed by atoms with van der Waals surface area (Å²) in [4.78, 5) is 18.8. The molecule has 3 rings (SSSR count). The zero-order chi connectivity index (χ0) is 15.7. The van der Waals surface area contributed by atoms with Crippen LogP contribution in [0.4, 0.5) is 11.4 Å². The van der Waals surface area contributed by atoms with Crippen LogP contribution >= 0.6 is 23.2 Å². The minimum atomic E-state index is -0.182. The van der Waals surface area contributed by atoms with E-state index >= 15 is 0 Å². The van der Waals surface area contributed by atoms with Gasteiger partial charge >= 0.3 is 0 Å². The lowest BCUT2D eigenvalue weighted by atomic mass is 10.1. The Balaban J connectivity index is 2.04. The lowest BCUT2D eigenvalue weighted by Gasteiger charge is -2.23. The SMILES string of the molecule is Nc1ccc2c(c1)C=NCCN2C(=O)c1ccc(Cl)cc1Cl. The average molecular weight is 334 g/mol. The molecule has 1 heterocycles. The number of hydrogen-bond acceptors (Lipinski definition) is 3. The zero-order valence-corrected chi connectivity index (χ0v) is 13.1. The van der Waals surface area contributed by atoms with Crippen LogP contribution < -0.4 is 10.6 Å². The van der Waals surface area contributed by atoms with Crippen LogP contribution in [0.3, 0.4) is 0 Å². The van der Waals surface area contributed by atoms with Crippen molar-refractivity contribution in [2.24, 2.45) is 4.99 Å². The number of hydrogen-bond donors (Lipinski definition) is 1. The van der Waals surface area contributed by atoms with Crippen molar-refractivity contribution in [3.05, 3.63) is 57.6 Å². The van der Waals surface area contributed by atoms with Crippen molar-refractivity contribution >= 4 is 46.7 Å². The van der Waals surface area contributed by atoms with E-state index in [1.165, 1.54) is 0 Å². The smallest absolute Gasteiger partial charge is 0.259 e. The van der Waals surface area contributed by atoms with E-state index in [2.05, 4.69) is 4.99 Å². The Hall–Kier alpha value is -2.04. The Labute approximate surface area is 138 Å². The number of carbonyl (C=O) groups excluding carboxylic acids is 1. The molecule has 2 aromatic rings. The largest absolute Gasteiger partial charge is 0.399 e. The molecular weight excluding hydrogens is 321 g/mol. The normalized spacial score (nSPS) is 13.6. The predicted molar refractivity (Wildman–Crippen MR) is 91.5 cm³/mol. The van der Waals surface area contributed by atoms with Gasteiger partial charge < -0.3 is 10.6 Å². The second-order valence-electron chi connectivity index (χ2n) is 4.93. The van der Waals surface area contributed by atoms with E-state index in [1.807, 2.05) is 6.07 Å². The molecule has 0 aromatic heterocycles. The van der Waals surface area contributed by atoms with Crippen LogP contribution in [0.2, 0.25) is 10.0 Å². The van der Waals surface area contributed by atoms with Crippen molar-refractivity contribution in [3.8, 4) is 0 Å². The number of fused-ring (bicyclic) bond motifs is 1. The van der Waals surface area contributed by atoms with Crippen molar-refractivity contribution < 1.29 is 4.79 Å². The van der Waals surface area contributed by atoms with Gasteiger partial charge in [-0.15, -0.1) is 0 Å². The molecule has 22 heavy (non-hydrogen) atoms. The van der Waals surface area contributed by atoms with Crippen LogP contribution in [0.15, 0.2) is 41.4 Å². The number of aliphatic imine (C=N–C) groups is 1. The Morgan fingerprint density at radius 3 is 2.77 bits per heavy atom. The second kappa shape index (κ2) is 5.99. The molecule has 2 N–H and O–H groups in total. The lowest BCUT2D eigenvalue weighted by molar-refractivity contribution is 0.0988. The van der Waals surface area contributed by atoms with Crippen molar-refractivity contribution in [1.29, 1.82) is 0 Å². The van der Waals surface area contributed by atoms with E-state index in [9.17, 15) is 4.79 Å². The van der Waals surface area contributed by atoms with Crippen LogP contribution in [0.5, 0.6) is 0 Å². The summed E-state index contributed by atoms with van der Waals surface area (Å²) in [5.41, 5.74) is 8.43. The summed E-state index contributed by atoms with van der Waals surface area (Å²) < 4.78 is 0. The Morgan fingerprint density at radius 1 is 1.18 bits per heavy atom. The highest BCUT2D eigenvalue weighted by Crippen LogP contribution is 2.28. The van der Waals surface area contributed by atoms with Crippen LogP contribution in [-0.4, -0.2) is 25.2 Å². The molecule has 2 aromatic carbocycles. The van der Waals surface area contributed by atoms with Crippen LogP contribution in [0.1, 0.15) is 15.9 Å². The molecule has 0 saturated carbocycles. The van der Waals surface area contributed by atoms with Gasteiger partial charge in [-0.3, -0.25) is 9.79 Å². The first kappa shape index (κ1) is 14.9. The molecular formula is C16H13Cl2N3O. The van der Waals surface area contributed by atoms with Gasteiger partial charge in [-0.05, 0) is 36.4 Å². The summed E-state index contributed by atoms with van der Waals surface area (Å²) in [6, 6.07) is 10.2. The number of rotatable bonds is 1. The van der Waals surface area contributed by atoms with Gasteiger partial charge in [0.15, 0.2) is 0 Å². The predicted octanol–water partition coefficient (Wildman–Crippen LogP) is 3.65. The van der Waals surface area contributed by atoms with Gasteiger partial charge in [-0.1, -0.05) is 23.2 Å². The summed E-state index contributed by atoms with van der Waals surface area (Å²) in [5.74, 6) is -0.182. The van der Waals surface area contributed by atoms with Gasteiger partial charge in [0.1, 0.15) is 0 Å². The Kier molecular flexibility index (Phi) is 4.05. The van der Waals surface area contributed by atoms with Crippen LogP contribution in [0.25, 0.3) is 0 Å². The molecule has 0 saturated heterocycles. The quantitative estimate of drug-likeness (QED) is 0.809. The highest BCUT2D eigenvalue weighted by Gasteiger charge is 2.23. The highest BCUT2D eigenvalue weighted by molar-refractivity contribution is 6.37. The summed E-state index contributed by atoms with van der Waals surface area (Å²) >= 11 is 12.0. The number of halogens is 2. The van der Waals surface area contributed by atoms with Crippen molar-refractivity contribution in [2.45, 2.75) is 0 Å². The summed E-state index contributed by atoms with van der Waals surface area (Å²) in [5, 5.41) is 0.827. The Morgan fingerprint density at radius 2 is 2.00 bits per heavy atom. The molecule has 4 nitrogen and oxygen atoms in total. The first-order chi connectivity index (χ1) is 10.6. The average Bonchev–Trinajstić information content (AvgIpc) is 2.68. The molecule has 0 aliphatic carbocycles. The number of amides is 1. The molecule has 0 atom stereocenters. The molecule has 0 spiro atoms. The zero-order valence-electron chi connectivity index (χ0n) is 11.6. The Bertz CT molecular complexity index is 774. The van der Waals surface area contributed by atoms with E-state index in [-0.39, 0.29) is 5.91 Å². The van der Waals surface area contributed by atoms with E-state index < -0.39 is 0 Å². The van der Waals surface area contributed by atoms with E-state index in [4.69, 9.17) is 28.9 Å². The molecule has 6 heteroatoms. The highest BCUT2D eigenvalue weighted by atomic mass is 35.5. The van der Waals surface area contributed by atoms with E-state index in [0.29, 0.717) is 34.4 Å². The molecule has 1 aliphatic rings. The maximum atomic E-state index is 12.8. The van der Waals surface area contributed by atoms with Crippen molar-refractivity contribution in [2.75, 3.05) is 23.7 Å². The fourth-order valence-electron chi connectivity index (χ4n) is 2.38. The summed E-state index contributed by atoms with van der Waals surface area (Å²) in [7, 11) is 0. The van der Waals surface area contributed by atoms with Gasteiger partial charge in [-0.2, -0.15) is 0 Å². The number of benzodiazepines with no additional fused rings is 1. The van der Waals surface area contributed by atoms with Crippen LogP contribution in [0, 0.1) is 0 Å². The summed E-state index contributed by atoms with van der Waals surface area (Å²) in [6.07, 6.45) is 1.74. The van der Waals surface area contributed by atoms with Crippen LogP contribution in [-0.2, 0) is 0 Å². The molecule has 0 radical (unpaired) electrons. The van der Waals surface area contributed by atoms with Gasteiger partial charge in [0.05, 0.1) is 22.8 Å². The van der Waals surface area contributed by atoms with E-state index in [0.717, 1.165) is 11.3 Å².